The lowest BCUT2D eigenvalue weighted by Gasteiger charge is -2.05. The number of nitrogens with one attached hydrogen (secondary N) is 1. The monoisotopic (exact) mass is 265 g/mol. The van der Waals surface area contributed by atoms with Gasteiger partial charge in [0.2, 0.25) is 0 Å². The quantitative estimate of drug-likeness (QED) is 0.901. The van der Waals surface area contributed by atoms with Crippen LogP contribution in [0.1, 0.15) is 31.9 Å². The summed E-state index contributed by atoms with van der Waals surface area (Å²) < 4.78 is 27.8. The van der Waals surface area contributed by atoms with Crippen LogP contribution in [0.25, 0.3) is 11.3 Å². The van der Waals surface area contributed by atoms with Gasteiger partial charge in [0.1, 0.15) is 5.69 Å². The van der Waals surface area contributed by atoms with Gasteiger partial charge in [0, 0.05) is 30.5 Å². The van der Waals surface area contributed by atoms with Crippen LogP contribution in [0.2, 0.25) is 0 Å². The fourth-order valence-electron chi connectivity index (χ4n) is 1.88. The van der Waals surface area contributed by atoms with Crippen LogP contribution in [0.15, 0.2) is 30.5 Å². The standard InChI is InChI=1S/C14H17F2N3/c1-9(2)19-8-12(14(15)16)13(18-19)10-5-4-6-11(7-10)17-3/h4-9,14,17H,1-3H3. The van der Waals surface area contributed by atoms with Gasteiger partial charge < -0.3 is 5.32 Å². The molecule has 2 rings (SSSR count). The molecule has 0 aliphatic rings. The van der Waals surface area contributed by atoms with Crippen LogP contribution in [-0.2, 0) is 0 Å². The Morgan fingerprint density at radius 2 is 2.00 bits per heavy atom. The van der Waals surface area contributed by atoms with Gasteiger partial charge in [-0.25, -0.2) is 8.78 Å². The number of anilines is 1. The summed E-state index contributed by atoms with van der Waals surface area (Å²) in [5, 5.41) is 7.28. The van der Waals surface area contributed by atoms with E-state index in [1.54, 1.807) is 17.8 Å². The molecule has 1 aromatic heterocycles. The highest BCUT2D eigenvalue weighted by molar-refractivity contribution is 5.67. The van der Waals surface area contributed by atoms with Crippen molar-refractivity contribution < 1.29 is 8.78 Å². The third-order valence-corrected chi connectivity index (χ3v) is 2.95. The second-order valence-electron chi connectivity index (χ2n) is 4.64. The number of hydrogen-bond donors (Lipinski definition) is 1. The summed E-state index contributed by atoms with van der Waals surface area (Å²) in [5.74, 6) is 0. The molecule has 1 N–H and O–H groups in total. The molecule has 0 fully saturated rings. The van der Waals surface area contributed by atoms with Crippen molar-refractivity contribution in [3.63, 3.8) is 0 Å². The Balaban J connectivity index is 2.53. The molecule has 0 atom stereocenters. The molecule has 5 heteroatoms. The first kappa shape index (κ1) is 13.5. The van der Waals surface area contributed by atoms with Crippen molar-refractivity contribution in [2.45, 2.75) is 26.3 Å². The summed E-state index contributed by atoms with van der Waals surface area (Å²) in [5.41, 5.74) is 1.89. The predicted molar refractivity (Wildman–Crippen MR) is 72.6 cm³/mol. The topological polar surface area (TPSA) is 29.9 Å². The van der Waals surface area contributed by atoms with E-state index in [1.165, 1.54) is 6.20 Å². The summed E-state index contributed by atoms with van der Waals surface area (Å²) in [7, 11) is 1.79. The molecule has 1 heterocycles. The first-order chi connectivity index (χ1) is 9.02. The lowest BCUT2D eigenvalue weighted by molar-refractivity contribution is 0.152. The average Bonchev–Trinajstić information content (AvgIpc) is 2.84. The number of halogens is 2. The number of hydrogen-bond acceptors (Lipinski definition) is 2. The Hall–Kier alpha value is -1.91. The SMILES string of the molecule is CNc1cccc(-c2nn(C(C)C)cc2C(F)F)c1. The maximum absolute atomic E-state index is 13.1. The Bertz CT molecular complexity index is 562. The van der Waals surface area contributed by atoms with E-state index < -0.39 is 6.43 Å². The van der Waals surface area contributed by atoms with Gasteiger partial charge in [-0.3, -0.25) is 4.68 Å². The van der Waals surface area contributed by atoms with E-state index in [0.717, 1.165) is 5.69 Å². The van der Waals surface area contributed by atoms with E-state index >= 15 is 0 Å². The Labute approximate surface area is 111 Å². The van der Waals surface area contributed by atoms with Crippen LogP contribution in [0, 0.1) is 0 Å². The van der Waals surface area contributed by atoms with Crippen LogP contribution in [0.3, 0.4) is 0 Å². The Morgan fingerprint density at radius 1 is 1.26 bits per heavy atom. The van der Waals surface area contributed by atoms with E-state index in [4.69, 9.17) is 0 Å². The zero-order chi connectivity index (χ0) is 14.0. The predicted octanol–water partition coefficient (Wildman–Crippen LogP) is 4.11. The van der Waals surface area contributed by atoms with Gasteiger partial charge in [-0.05, 0) is 26.0 Å². The van der Waals surface area contributed by atoms with Crippen molar-refractivity contribution in [1.82, 2.24) is 9.78 Å². The van der Waals surface area contributed by atoms with Gasteiger partial charge in [-0.1, -0.05) is 12.1 Å². The van der Waals surface area contributed by atoms with Gasteiger partial charge in [-0.15, -0.1) is 0 Å². The third-order valence-electron chi connectivity index (χ3n) is 2.95. The number of alkyl halides is 2. The molecule has 0 spiro atoms. The van der Waals surface area contributed by atoms with Gasteiger partial charge in [0.05, 0.1) is 5.56 Å². The highest BCUT2D eigenvalue weighted by Gasteiger charge is 2.20. The fourth-order valence-corrected chi connectivity index (χ4v) is 1.88. The molecule has 0 saturated carbocycles. The van der Waals surface area contributed by atoms with E-state index in [-0.39, 0.29) is 11.6 Å². The number of rotatable bonds is 4. The summed E-state index contributed by atoms with van der Waals surface area (Å²) in [6.45, 7) is 3.83. The summed E-state index contributed by atoms with van der Waals surface area (Å²) >= 11 is 0. The molecule has 1 aromatic carbocycles. The molecular weight excluding hydrogens is 248 g/mol. The lowest BCUT2D eigenvalue weighted by Crippen LogP contribution is -2.00. The number of nitrogens with zero attached hydrogens (tertiary/aromatic N) is 2. The fraction of sp³-hybridized carbons (Fsp3) is 0.357. The smallest absolute Gasteiger partial charge is 0.267 e. The maximum Gasteiger partial charge on any atom is 0.267 e. The second kappa shape index (κ2) is 5.38. The zero-order valence-corrected chi connectivity index (χ0v) is 11.2. The van der Waals surface area contributed by atoms with Crippen LogP contribution < -0.4 is 5.32 Å². The number of benzene rings is 1. The van der Waals surface area contributed by atoms with Crippen LogP contribution in [-0.4, -0.2) is 16.8 Å². The van der Waals surface area contributed by atoms with Gasteiger partial charge >= 0.3 is 0 Å². The summed E-state index contributed by atoms with van der Waals surface area (Å²) in [6, 6.07) is 7.37. The Morgan fingerprint density at radius 3 is 2.58 bits per heavy atom. The highest BCUT2D eigenvalue weighted by atomic mass is 19.3. The minimum atomic E-state index is -2.53. The minimum absolute atomic E-state index is 0.0260. The van der Waals surface area contributed by atoms with Crippen molar-refractivity contribution in [1.29, 1.82) is 0 Å². The summed E-state index contributed by atoms with van der Waals surface area (Å²) in [4.78, 5) is 0. The molecule has 0 amide bonds. The summed E-state index contributed by atoms with van der Waals surface area (Å²) in [6.07, 6.45) is -1.10. The molecule has 0 aliphatic heterocycles. The number of aromatic nitrogens is 2. The molecule has 0 aliphatic carbocycles. The van der Waals surface area contributed by atoms with Crippen LogP contribution in [0.5, 0.6) is 0 Å². The molecule has 0 unspecified atom stereocenters. The lowest BCUT2D eigenvalue weighted by atomic mass is 10.1. The largest absolute Gasteiger partial charge is 0.388 e. The normalized spacial score (nSPS) is 11.3. The van der Waals surface area contributed by atoms with E-state index in [0.29, 0.717) is 11.3 Å². The van der Waals surface area contributed by atoms with Gasteiger partial charge in [0.15, 0.2) is 0 Å². The average molecular weight is 265 g/mol. The molecule has 19 heavy (non-hydrogen) atoms. The molecule has 0 saturated heterocycles. The van der Waals surface area contributed by atoms with Gasteiger partial charge in [0.25, 0.3) is 6.43 Å². The van der Waals surface area contributed by atoms with E-state index in [2.05, 4.69) is 10.4 Å². The zero-order valence-electron chi connectivity index (χ0n) is 11.2. The van der Waals surface area contributed by atoms with Crippen molar-refractivity contribution in [2.24, 2.45) is 0 Å². The molecule has 0 bridgehead atoms. The van der Waals surface area contributed by atoms with Crippen molar-refractivity contribution in [3.8, 4) is 11.3 Å². The van der Waals surface area contributed by atoms with Crippen molar-refractivity contribution in [3.05, 3.63) is 36.0 Å². The molecule has 2 aromatic rings. The first-order valence-corrected chi connectivity index (χ1v) is 6.18. The molecular formula is C14H17F2N3. The maximum atomic E-state index is 13.1. The van der Waals surface area contributed by atoms with Crippen molar-refractivity contribution in [2.75, 3.05) is 12.4 Å². The molecule has 3 nitrogen and oxygen atoms in total. The third kappa shape index (κ3) is 2.75. The van der Waals surface area contributed by atoms with Crippen molar-refractivity contribution >= 4 is 5.69 Å². The minimum Gasteiger partial charge on any atom is -0.388 e. The van der Waals surface area contributed by atoms with E-state index in [1.807, 2.05) is 32.0 Å². The molecule has 0 radical (unpaired) electrons. The highest BCUT2D eigenvalue weighted by Crippen LogP contribution is 2.31. The van der Waals surface area contributed by atoms with Gasteiger partial charge in [-0.2, -0.15) is 5.10 Å². The first-order valence-electron chi connectivity index (χ1n) is 6.18. The molecule has 102 valence electrons. The van der Waals surface area contributed by atoms with E-state index in [9.17, 15) is 8.78 Å². The second-order valence-corrected chi connectivity index (χ2v) is 4.64. The van der Waals surface area contributed by atoms with Crippen LogP contribution in [0.4, 0.5) is 14.5 Å². The van der Waals surface area contributed by atoms with Crippen LogP contribution >= 0.6 is 0 Å². The Kier molecular flexibility index (Phi) is 3.83.